The molecule has 484 valence electrons. The molecule has 2 saturated heterocycles. The zero-order valence-corrected chi connectivity index (χ0v) is 56.5. The van der Waals surface area contributed by atoms with Gasteiger partial charge in [-0.2, -0.15) is 13.2 Å². The number of benzene rings is 1. The third kappa shape index (κ3) is 21.8. The molecule has 0 radical (unpaired) electrons. The van der Waals surface area contributed by atoms with E-state index < -0.39 is 11.7 Å². The number of hydrogen-bond donors (Lipinski definition) is 6. The van der Waals surface area contributed by atoms with Crippen LogP contribution in [-0.4, -0.2) is 139 Å². The minimum Gasteiger partial charge on any atom is -0.390 e. The van der Waals surface area contributed by atoms with E-state index in [0.29, 0.717) is 90.6 Å². The van der Waals surface area contributed by atoms with Gasteiger partial charge in [0.2, 0.25) is 0 Å². The summed E-state index contributed by atoms with van der Waals surface area (Å²) in [5, 5.41) is 24.2. The van der Waals surface area contributed by atoms with Crippen LogP contribution in [0.3, 0.4) is 0 Å². The van der Waals surface area contributed by atoms with Gasteiger partial charge in [0.15, 0.2) is 0 Å². The van der Waals surface area contributed by atoms with Crippen molar-refractivity contribution >= 4 is 17.3 Å². The third-order valence-electron chi connectivity index (χ3n) is 20.4. The van der Waals surface area contributed by atoms with Gasteiger partial charge >= 0.3 is 6.18 Å². The minimum atomic E-state index is -4.50. The van der Waals surface area contributed by atoms with Crippen molar-refractivity contribution in [3.8, 4) is 0 Å². The van der Waals surface area contributed by atoms with Gasteiger partial charge in [-0.25, -0.2) is 0 Å². The van der Waals surface area contributed by atoms with Gasteiger partial charge in [-0.3, -0.25) is 9.89 Å². The molecule has 11 nitrogen and oxygen atoms in total. The molecule has 2 aliphatic carbocycles. The molecule has 0 aromatic heterocycles. The normalized spacial score (nSPS) is 29.4. The highest BCUT2D eigenvalue weighted by Crippen LogP contribution is 2.39. The van der Waals surface area contributed by atoms with Crippen molar-refractivity contribution in [2.75, 3.05) is 59.9 Å². The molecule has 11 atom stereocenters. The summed E-state index contributed by atoms with van der Waals surface area (Å²) >= 11 is 6.20. The van der Waals surface area contributed by atoms with Crippen LogP contribution in [0.2, 0.25) is 5.02 Å². The fraction of sp³-hybridized carbons (Fsp3) is 0.786. The van der Waals surface area contributed by atoms with E-state index in [1.54, 1.807) is 0 Å². The van der Waals surface area contributed by atoms with E-state index in [1.807, 2.05) is 24.7 Å². The fourth-order valence-electron chi connectivity index (χ4n) is 14.9. The Hall–Kier alpha value is -3.11. The lowest BCUT2D eigenvalue weighted by Gasteiger charge is -2.56. The zero-order valence-electron chi connectivity index (χ0n) is 55.7. The van der Waals surface area contributed by atoms with E-state index in [2.05, 4.69) is 161 Å². The van der Waals surface area contributed by atoms with Gasteiger partial charge in [0.1, 0.15) is 0 Å². The molecule has 0 amide bonds. The zero-order chi connectivity index (χ0) is 61.8. The Morgan fingerprint density at radius 1 is 0.800 bits per heavy atom. The molecule has 3 aliphatic heterocycles. The van der Waals surface area contributed by atoms with Crippen molar-refractivity contribution < 1.29 is 13.2 Å². The van der Waals surface area contributed by atoms with Crippen LogP contribution in [0.1, 0.15) is 203 Å². The van der Waals surface area contributed by atoms with Gasteiger partial charge in [0, 0.05) is 156 Å². The van der Waals surface area contributed by atoms with E-state index in [4.69, 9.17) is 16.6 Å². The summed E-state index contributed by atoms with van der Waals surface area (Å²) in [5.74, 6) is 3.66. The van der Waals surface area contributed by atoms with E-state index in [9.17, 15) is 13.2 Å². The molecule has 15 heteroatoms. The van der Waals surface area contributed by atoms with Crippen LogP contribution in [0.25, 0.3) is 0 Å². The maximum atomic E-state index is 13.7. The lowest BCUT2D eigenvalue weighted by atomic mass is 9.77. The predicted molar refractivity (Wildman–Crippen MR) is 355 cm³/mol. The van der Waals surface area contributed by atoms with E-state index >= 15 is 0 Å². The van der Waals surface area contributed by atoms with Crippen molar-refractivity contribution in [1.29, 1.82) is 0 Å². The first-order valence-electron chi connectivity index (χ1n) is 34.1. The molecule has 2 saturated carbocycles. The summed E-state index contributed by atoms with van der Waals surface area (Å²) in [6.07, 6.45) is 28.2. The molecular weight excluding hydrogens is 1090 g/mol. The van der Waals surface area contributed by atoms with E-state index in [0.717, 1.165) is 95.1 Å². The van der Waals surface area contributed by atoms with Gasteiger partial charge in [-0.1, -0.05) is 131 Å². The number of nitrogens with one attached hydrogen (secondary N) is 6. The Balaban J connectivity index is 1.31. The van der Waals surface area contributed by atoms with Crippen molar-refractivity contribution in [3.63, 3.8) is 0 Å². The molecule has 5 aliphatic rings. The average molecular weight is 1210 g/mol. The lowest BCUT2D eigenvalue weighted by molar-refractivity contribution is -0.137. The average Bonchev–Trinajstić information content (AvgIpc) is 1.81. The van der Waals surface area contributed by atoms with Crippen LogP contribution in [0, 0.1) is 35.5 Å². The second kappa shape index (κ2) is 34.7. The summed E-state index contributed by atoms with van der Waals surface area (Å²) < 4.78 is 41.0. The molecule has 1 spiro atoms. The van der Waals surface area contributed by atoms with E-state index in [1.165, 1.54) is 94.3 Å². The molecule has 3 heterocycles. The van der Waals surface area contributed by atoms with Gasteiger partial charge in [0.05, 0.1) is 10.6 Å². The van der Waals surface area contributed by atoms with E-state index in [-0.39, 0.29) is 16.6 Å². The highest BCUT2D eigenvalue weighted by Gasteiger charge is 2.47. The van der Waals surface area contributed by atoms with Crippen LogP contribution < -0.4 is 31.9 Å². The Morgan fingerprint density at radius 2 is 1.52 bits per heavy atom. The molecule has 4 fully saturated rings. The Labute approximate surface area is 521 Å². The maximum absolute atomic E-state index is 13.7. The summed E-state index contributed by atoms with van der Waals surface area (Å²) in [4.78, 5) is 15.1. The smallest absolute Gasteiger partial charge is 0.390 e. The number of allylic oxidation sites excluding steroid dienone is 3. The number of rotatable bonds is 13. The fourth-order valence-corrected chi connectivity index (χ4v) is 15.2. The standard InChI is InChI=1S/C70H121ClF3N11/c1-15-51(7)66-43-79-65(40-50(5)6)54(10)78-44-67-59(39-49(3)4)45-85(67)68(52(8)16-2)55(11)81-69(31-20-21-32-69)48-76-35-34-75-33-30-60(28-26-58-27-29-63(64(71)42-58)70(72,73)74)77-36-38-82(13)46-62(41-57-23-18-17-19-24-57)83(14)47-61-25-22-37-84(61)56(12)53(9)80-66/h27,29-30,33,36,38,42,46-47,49-57,59,65-68,75-76,78-81H,15-26,28,31-32,34-35,37,39-41,43-45,48H2,1-14H3/t51-,52-,53?,54?,55?,56-,59+,65-,66+,67?,68-/m0/s1. The van der Waals surface area contributed by atoms with Crippen molar-refractivity contribution in [2.45, 2.75) is 259 Å². The summed E-state index contributed by atoms with van der Waals surface area (Å²) in [5.41, 5.74) is 3.48. The van der Waals surface area contributed by atoms with Crippen molar-refractivity contribution in [2.24, 2.45) is 40.5 Å². The first-order chi connectivity index (χ1) is 40.5. The van der Waals surface area contributed by atoms with Gasteiger partial charge < -0.3 is 46.6 Å². The second-order valence-electron chi connectivity index (χ2n) is 28.2. The lowest BCUT2D eigenvalue weighted by Crippen LogP contribution is -2.70. The predicted octanol–water partition coefficient (Wildman–Crippen LogP) is 14.3. The van der Waals surface area contributed by atoms with Gasteiger partial charge in [-0.15, -0.1) is 0 Å². The highest BCUT2D eigenvalue weighted by molar-refractivity contribution is 6.31. The first-order valence-corrected chi connectivity index (χ1v) is 34.5. The van der Waals surface area contributed by atoms with Crippen LogP contribution in [0.5, 0.6) is 0 Å². The quantitative estimate of drug-likeness (QED) is 0.115. The number of aryl methyl sites for hydroxylation is 1. The van der Waals surface area contributed by atoms with Crippen molar-refractivity contribution in [1.82, 2.24) is 51.5 Å². The molecule has 4 unspecified atom stereocenters. The summed E-state index contributed by atoms with van der Waals surface area (Å²) in [7, 11) is 4.32. The number of aliphatic imine (C=N–C) groups is 1. The Bertz CT molecular complexity index is 2270. The monoisotopic (exact) mass is 1210 g/mol. The molecule has 0 bridgehead atoms. The topological polar surface area (TPSA) is 97.5 Å². The summed E-state index contributed by atoms with van der Waals surface area (Å²) in [6, 6.07) is 6.96. The molecular formula is C70H121ClF3N11. The molecule has 6 N–H and O–H groups in total. The van der Waals surface area contributed by atoms with Crippen LogP contribution >= 0.6 is 11.6 Å². The SMILES string of the molecule is CC[C@H](C)[C@H]1C(C)NC2(CCCC2)CNCCNC=CC(CCc2ccc(C(F)(F)F)c(Cl)c2)=NC=CN(C)C=C(CC2CCCCC2)N(C)C=C2CCCN2[C@@H](C)C(C)N[C@@H]([C@@H](C)CC)CN[C@@H](CC(C)C)C(C)NCC2[C@H](CC(C)C)CN21. The molecule has 85 heavy (non-hydrogen) atoms. The largest absolute Gasteiger partial charge is 0.417 e. The Morgan fingerprint density at radius 3 is 2.19 bits per heavy atom. The molecule has 1 aromatic carbocycles. The number of fused-ring (bicyclic) bond motifs is 2. The first kappa shape index (κ1) is 71.0. The molecule has 6 rings (SSSR count). The number of nitrogens with zero attached hydrogens (tertiary/aromatic N) is 5. The minimum absolute atomic E-state index is 0.0472. The number of alkyl halides is 3. The van der Waals surface area contributed by atoms with Crippen molar-refractivity contribution in [3.05, 3.63) is 82.8 Å². The Kier molecular flexibility index (Phi) is 29.0. The number of halogens is 4. The third-order valence-corrected chi connectivity index (χ3v) is 20.7. The van der Waals surface area contributed by atoms with Crippen LogP contribution in [0.15, 0.2) is 71.7 Å². The maximum Gasteiger partial charge on any atom is 0.417 e. The second-order valence-corrected chi connectivity index (χ2v) is 28.6. The van der Waals surface area contributed by atoms with Gasteiger partial charge in [0.25, 0.3) is 0 Å². The van der Waals surface area contributed by atoms with Crippen LogP contribution in [0.4, 0.5) is 13.2 Å². The van der Waals surface area contributed by atoms with Gasteiger partial charge in [-0.05, 0) is 151 Å². The van der Waals surface area contributed by atoms with Crippen LogP contribution in [-0.2, 0) is 12.6 Å². The molecule has 1 aromatic rings. The number of hydrogen-bond acceptors (Lipinski definition) is 11. The highest BCUT2D eigenvalue weighted by atomic mass is 35.5. The summed E-state index contributed by atoms with van der Waals surface area (Å²) in [6.45, 7) is 35.7.